The van der Waals surface area contributed by atoms with Crippen molar-refractivity contribution >= 4 is 21.7 Å². The molecule has 0 aliphatic heterocycles. The molecule has 0 aliphatic rings. The zero-order chi connectivity index (χ0) is 4.00. The van der Waals surface area contributed by atoms with Crippen molar-refractivity contribution in [3.8, 4) is 0 Å². The first-order valence-corrected chi connectivity index (χ1v) is 1.79. The minimum Gasteiger partial charge on any atom is -0.106 e. The Balaban J connectivity index is 0. The van der Waals surface area contributed by atoms with E-state index >= 15 is 0 Å². The van der Waals surface area contributed by atoms with Gasteiger partial charge in [0.2, 0.25) is 0 Å². The van der Waals surface area contributed by atoms with Gasteiger partial charge in [0.05, 0.1) is 0 Å². The fourth-order valence-electron chi connectivity index (χ4n) is 0. The van der Waals surface area contributed by atoms with Gasteiger partial charge in [-0.2, -0.15) is 0 Å². The van der Waals surface area contributed by atoms with Crippen LogP contribution in [-0.4, -0.2) is 0 Å². The van der Waals surface area contributed by atoms with E-state index < -0.39 is 0 Å². The molecule has 0 saturated carbocycles. The summed E-state index contributed by atoms with van der Waals surface area (Å²) in [6, 6.07) is 0. The maximum Gasteiger partial charge on any atom is 0 e. The van der Waals surface area contributed by atoms with E-state index in [4.69, 9.17) is 0 Å². The number of hydrogen-bond acceptors (Lipinski definition) is 0. The highest BCUT2D eigenvalue weighted by Gasteiger charge is 1.00. The van der Waals surface area contributed by atoms with E-state index in [2.05, 4.69) is 34.9 Å². The predicted molar refractivity (Wildman–Crippen MR) is 23.0 cm³/mol. The first kappa shape index (κ1) is 8.85. The molecule has 0 heterocycles. The molecule has 0 unspecified atom stereocenters. The summed E-state index contributed by atoms with van der Waals surface area (Å²) in [5.41, 5.74) is 0. The molecule has 0 spiro atoms. The molecule has 0 fully saturated rings. The van der Waals surface area contributed by atoms with Gasteiger partial charge in [-0.25, -0.2) is 0 Å². The second kappa shape index (κ2) is 175. The summed E-state index contributed by atoms with van der Waals surface area (Å²) >= 11 is 0. The lowest BCUT2D eigenvalue weighted by atomic mass is 11.3. The van der Waals surface area contributed by atoms with Crippen molar-refractivity contribution in [2.45, 2.75) is 0 Å². The quantitative estimate of drug-likeness (QED) is 0.408. The van der Waals surface area contributed by atoms with Crippen LogP contribution < -0.4 is 0 Å². The van der Waals surface area contributed by atoms with Crippen LogP contribution in [0.25, 0.3) is 0 Å². The molecule has 0 saturated heterocycles. The molecule has 2 heteroatoms. The van der Waals surface area contributed by atoms with Gasteiger partial charge in [-0.15, -0.1) is 13.2 Å². The summed E-state index contributed by atoms with van der Waals surface area (Å²) in [7, 11) is 8.22. The average Bonchev–Trinajstić information content (AvgIpc) is 1.50. The molecule has 4 heavy (non-hydrogen) atoms. The topological polar surface area (TPSA) is 0 Å². The van der Waals surface area contributed by atoms with E-state index in [-0.39, 0.29) is 0 Å². The fourth-order valence-corrected chi connectivity index (χ4v) is 0. The summed E-state index contributed by atoms with van der Waals surface area (Å²) in [4.78, 5) is 0. The first-order valence-electron chi connectivity index (χ1n) is 0.643. The SMILES string of the molecule is C=C.ClCl. The van der Waals surface area contributed by atoms with Crippen molar-refractivity contribution in [2.75, 3.05) is 0 Å². The van der Waals surface area contributed by atoms with Crippen LogP contribution in [-0.2, 0) is 0 Å². The maximum absolute atomic E-state index is 4.11. The Morgan fingerprint density at radius 1 is 1.00 bits per heavy atom. The van der Waals surface area contributed by atoms with E-state index in [1.807, 2.05) is 0 Å². The molecule has 0 rings (SSSR count). The molecular formula is C2H4Cl2. The van der Waals surface area contributed by atoms with Gasteiger partial charge in [0.1, 0.15) is 0 Å². The molecule has 0 radical (unpaired) electrons. The Kier molecular flexibility index (Phi) is 386. The van der Waals surface area contributed by atoms with E-state index in [1.165, 1.54) is 0 Å². The van der Waals surface area contributed by atoms with E-state index in [0.29, 0.717) is 0 Å². The van der Waals surface area contributed by atoms with Gasteiger partial charge in [0.25, 0.3) is 0 Å². The van der Waals surface area contributed by atoms with Crippen LogP contribution in [0.15, 0.2) is 13.2 Å². The van der Waals surface area contributed by atoms with Crippen LogP contribution in [0.3, 0.4) is 0 Å². The minimum atomic E-state index is 3.00. The first-order chi connectivity index (χ1) is 2.00. The molecule has 0 nitrogen and oxygen atoms in total. The predicted octanol–water partition coefficient (Wildman–Crippen LogP) is 2.18. The minimum absolute atomic E-state index is 3.00. The van der Waals surface area contributed by atoms with Crippen molar-refractivity contribution in [3.05, 3.63) is 13.2 Å². The number of rotatable bonds is 0. The molecule has 0 bridgehead atoms. The molecule has 0 aliphatic carbocycles. The van der Waals surface area contributed by atoms with Crippen LogP contribution in [0.5, 0.6) is 0 Å². The molecule has 0 aromatic rings. The Morgan fingerprint density at radius 3 is 1.00 bits per heavy atom. The second-order valence-corrected chi connectivity index (χ2v) is 0. The highest BCUT2D eigenvalue weighted by atomic mass is 36.5. The molecule has 0 aromatic heterocycles. The zero-order valence-electron chi connectivity index (χ0n) is 2.17. The lowest BCUT2D eigenvalue weighted by Crippen LogP contribution is -0.552. The largest absolute Gasteiger partial charge is 0.106 e. The third-order valence-electron chi connectivity index (χ3n) is 0. The van der Waals surface area contributed by atoms with Crippen LogP contribution in [0.4, 0.5) is 0 Å². The van der Waals surface area contributed by atoms with Gasteiger partial charge >= 0.3 is 0 Å². The second-order valence-electron chi connectivity index (χ2n) is 0. The summed E-state index contributed by atoms with van der Waals surface area (Å²) < 4.78 is 0. The monoisotopic (exact) mass is 98.0 g/mol. The van der Waals surface area contributed by atoms with Crippen LogP contribution >= 0.6 is 21.7 Å². The normalized spacial score (nSPS) is 2.50. The maximum atomic E-state index is 4.11. The van der Waals surface area contributed by atoms with Crippen LogP contribution in [0.2, 0.25) is 0 Å². The van der Waals surface area contributed by atoms with Gasteiger partial charge < -0.3 is 0 Å². The molecular weight excluding hydrogens is 94.9 g/mol. The number of hydrogen-bond donors (Lipinski definition) is 0. The van der Waals surface area contributed by atoms with Gasteiger partial charge in [0, 0.05) is 21.7 Å². The summed E-state index contributed by atoms with van der Waals surface area (Å²) in [6.07, 6.45) is 0. The third-order valence-corrected chi connectivity index (χ3v) is 0. The Bertz CT molecular complexity index is 4.00. The van der Waals surface area contributed by atoms with E-state index in [0.717, 1.165) is 0 Å². The highest BCUT2D eigenvalue weighted by Crippen LogP contribution is 1.69. The lowest BCUT2D eigenvalue weighted by molar-refractivity contribution is 2.81. The van der Waals surface area contributed by atoms with Gasteiger partial charge in [-0.3, -0.25) is 0 Å². The molecule has 0 atom stereocenters. The highest BCUT2D eigenvalue weighted by molar-refractivity contribution is 6.85. The molecule has 26 valence electrons. The van der Waals surface area contributed by atoms with Gasteiger partial charge in [0.15, 0.2) is 0 Å². The van der Waals surface area contributed by atoms with Crippen molar-refractivity contribution in [2.24, 2.45) is 0 Å². The summed E-state index contributed by atoms with van der Waals surface area (Å²) in [5, 5.41) is 0. The molecule has 0 amide bonds. The summed E-state index contributed by atoms with van der Waals surface area (Å²) in [6.45, 7) is 6.00. The standard InChI is InChI=1S/C2H4.Cl2/c2*1-2/h1-2H2;. The Morgan fingerprint density at radius 2 is 1.00 bits per heavy atom. The Labute approximate surface area is 35.6 Å². The smallest absolute Gasteiger partial charge is 0 e. The van der Waals surface area contributed by atoms with Gasteiger partial charge in [-0.1, -0.05) is 0 Å². The van der Waals surface area contributed by atoms with E-state index in [1.54, 1.807) is 0 Å². The third kappa shape index (κ3) is 39.5. The zero-order valence-corrected chi connectivity index (χ0v) is 3.68. The van der Waals surface area contributed by atoms with Crippen molar-refractivity contribution < 1.29 is 0 Å². The fraction of sp³-hybridized carbons (Fsp3) is 0. The van der Waals surface area contributed by atoms with Gasteiger partial charge in [-0.05, 0) is 0 Å². The molecule has 0 aromatic carbocycles. The van der Waals surface area contributed by atoms with Crippen LogP contribution in [0, 0.1) is 0 Å². The van der Waals surface area contributed by atoms with Crippen molar-refractivity contribution in [1.29, 1.82) is 0 Å². The van der Waals surface area contributed by atoms with Crippen molar-refractivity contribution in [1.82, 2.24) is 0 Å². The average molecular weight is 99.0 g/mol. The van der Waals surface area contributed by atoms with Crippen molar-refractivity contribution in [3.63, 3.8) is 0 Å². The summed E-state index contributed by atoms with van der Waals surface area (Å²) in [5.74, 6) is 0. The Hall–Kier alpha value is 0.320. The van der Waals surface area contributed by atoms with Crippen LogP contribution in [0.1, 0.15) is 0 Å². The van der Waals surface area contributed by atoms with E-state index in [9.17, 15) is 0 Å². The lowest BCUT2D eigenvalue weighted by Gasteiger charge is -1.000. The molecule has 0 N–H and O–H groups in total. The number of halogens is 2.